The normalized spacial score (nSPS) is 15.0. The summed E-state index contributed by atoms with van der Waals surface area (Å²) < 4.78 is 39.7. The lowest BCUT2D eigenvalue weighted by Gasteiger charge is -2.28. The van der Waals surface area contributed by atoms with Crippen LogP contribution in [0.1, 0.15) is 12.6 Å². The van der Waals surface area contributed by atoms with Crippen molar-refractivity contribution in [3.05, 3.63) is 33.7 Å². The number of nitrogens with zero attached hydrogens (tertiary/aromatic N) is 2. The molecule has 0 aromatic carbocycles. The fourth-order valence-corrected chi connectivity index (χ4v) is 2.28. The van der Waals surface area contributed by atoms with Gasteiger partial charge in [-0.2, -0.15) is 13.2 Å². The Hall–Kier alpha value is -1.94. The molecule has 2 heterocycles. The van der Waals surface area contributed by atoms with Crippen LogP contribution in [0.2, 0.25) is 0 Å². The molecule has 0 spiro atoms. The molecular weight excluding hydrogens is 311 g/mol. The second-order valence-corrected chi connectivity index (χ2v) is 5.30. The number of fused-ring (bicyclic) bond motifs is 1. The molecular formula is C11H10F3N3O3S. The van der Waals surface area contributed by atoms with Gasteiger partial charge < -0.3 is 5.11 Å². The van der Waals surface area contributed by atoms with Crippen LogP contribution < -0.4 is 10.9 Å². The average molecular weight is 321 g/mol. The van der Waals surface area contributed by atoms with Crippen molar-refractivity contribution in [3.8, 4) is 0 Å². The highest BCUT2D eigenvalue weighted by atomic mass is 32.1. The lowest BCUT2D eigenvalue weighted by molar-refractivity contribution is -0.206. The molecule has 0 saturated carbocycles. The Balaban J connectivity index is 2.28. The summed E-state index contributed by atoms with van der Waals surface area (Å²) in [6.07, 6.45) is -3.50. The third-order valence-electron chi connectivity index (χ3n) is 2.97. The molecule has 0 bridgehead atoms. The van der Waals surface area contributed by atoms with E-state index in [4.69, 9.17) is 5.11 Å². The number of thiazole rings is 1. The quantitative estimate of drug-likeness (QED) is 0.885. The number of carboxylic acids is 1. The Labute approximate surface area is 119 Å². The summed E-state index contributed by atoms with van der Waals surface area (Å²) in [4.78, 5) is 26.9. The van der Waals surface area contributed by atoms with Gasteiger partial charge in [-0.3, -0.25) is 14.5 Å². The lowest BCUT2D eigenvalue weighted by Crippen LogP contribution is -2.59. The first kappa shape index (κ1) is 15.4. The number of hydrogen-bond donors (Lipinski definition) is 2. The molecule has 21 heavy (non-hydrogen) atoms. The van der Waals surface area contributed by atoms with Crippen molar-refractivity contribution >= 4 is 22.3 Å². The number of carbonyl (C=O) groups is 1. The maximum atomic E-state index is 12.8. The molecule has 2 N–H and O–H groups in total. The largest absolute Gasteiger partial charge is 0.480 e. The Morgan fingerprint density at radius 1 is 1.52 bits per heavy atom. The number of alkyl halides is 3. The highest BCUT2D eigenvalue weighted by Crippen LogP contribution is 2.30. The standard InChI is InChI=1S/C11H10F3N3O3S/c1-10(8(19)20,11(12,13)14)15-5-6-4-7(18)17-2-3-21-9(17)16-6/h2-4,15H,5H2,1H3,(H,19,20). The maximum Gasteiger partial charge on any atom is 0.417 e. The van der Waals surface area contributed by atoms with Crippen LogP contribution in [0.4, 0.5) is 13.2 Å². The van der Waals surface area contributed by atoms with Crippen molar-refractivity contribution in [1.29, 1.82) is 0 Å². The molecule has 114 valence electrons. The van der Waals surface area contributed by atoms with Gasteiger partial charge in [0.15, 0.2) is 4.96 Å². The van der Waals surface area contributed by atoms with Gasteiger partial charge in [0.2, 0.25) is 5.54 Å². The minimum Gasteiger partial charge on any atom is -0.480 e. The van der Waals surface area contributed by atoms with Gasteiger partial charge in [-0.15, -0.1) is 11.3 Å². The van der Waals surface area contributed by atoms with Crippen LogP contribution in [0, 0.1) is 0 Å². The van der Waals surface area contributed by atoms with E-state index in [9.17, 15) is 22.8 Å². The van der Waals surface area contributed by atoms with Gasteiger partial charge in [0, 0.05) is 24.2 Å². The summed E-state index contributed by atoms with van der Waals surface area (Å²) in [6.45, 7) is 0.0256. The molecule has 2 aromatic rings. The van der Waals surface area contributed by atoms with Crippen LogP contribution in [-0.4, -0.2) is 32.2 Å². The van der Waals surface area contributed by atoms with Gasteiger partial charge >= 0.3 is 12.1 Å². The topological polar surface area (TPSA) is 83.7 Å². The monoisotopic (exact) mass is 321 g/mol. The van der Waals surface area contributed by atoms with E-state index in [0.29, 0.717) is 11.9 Å². The van der Waals surface area contributed by atoms with E-state index < -0.39 is 29.8 Å². The molecule has 0 aliphatic heterocycles. The third kappa shape index (κ3) is 2.76. The zero-order valence-electron chi connectivity index (χ0n) is 10.6. The zero-order valence-corrected chi connectivity index (χ0v) is 11.5. The molecule has 10 heteroatoms. The van der Waals surface area contributed by atoms with Gasteiger partial charge in [0.05, 0.1) is 5.69 Å². The van der Waals surface area contributed by atoms with Crippen molar-refractivity contribution in [2.24, 2.45) is 0 Å². The van der Waals surface area contributed by atoms with E-state index >= 15 is 0 Å². The molecule has 2 rings (SSSR count). The van der Waals surface area contributed by atoms with Gasteiger partial charge in [-0.25, -0.2) is 9.78 Å². The van der Waals surface area contributed by atoms with Gasteiger partial charge in [-0.05, 0) is 6.92 Å². The summed E-state index contributed by atoms with van der Waals surface area (Å²) in [5.41, 5.74) is -3.52. The lowest BCUT2D eigenvalue weighted by atomic mass is 10.0. The first-order valence-corrected chi connectivity index (χ1v) is 6.54. The predicted octanol–water partition coefficient (Wildman–Crippen LogP) is 1.25. The minimum atomic E-state index is -4.99. The molecule has 0 aliphatic rings. The number of rotatable bonds is 4. The Bertz CT molecular complexity index is 739. The first-order valence-electron chi connectivity index (χ1n) is 5.66. The fraction of sp³-hybridized carbons (Fsp3) is 0.364. The van der Waals surface area contributed by atoms with E-state index in [1.165, 1.54) is 10.6 Å². The summed E-state index contributed by atoms with van der Waals surface area (Å²) in [6, 6.07) is 1.06. The summed E-state index contributed by atoms with van der Waals surface area (Å²) >= 11 is 1.15. The average Bonchev–Trinajstić information content (AvgIpc) is 2.83. The molecule has 0 amide bonds. The van der Waals surface area contributed by atoms with Crippen molar-refractivity contribution < 1.29 is 23.1 Å². The number of hydrogen-bond acceptors (Lipinski definition) is 5. The Morgan fingerprint density at radius 2 is 2.19 bits per heavy atom. The fourth-order valence-electron chi connectivity index (χ4n) is 1.54. The molecule has 0 aliphatic carbocycles. The molecule has 1 atom stereocenters. The van der Waals surface area contributed by atoms with Crippen LogP contribution in [0.3, 0.4) is 0 Å². The predicted molar refractivity (Wildman–Crippen MR) is 68.3 cm³/mol. The molecule has 0 saturated heterocycles. The second-order valence-electron chi connectivity index (χ2n) is 4.42. The van der Waals surface area contributed by atoms with Gasteiger partial charge in [0.1, 0.15) is 0 Å². The summed E-state index contributed by atoms with van der Waals surface area (Å²) in [7, 11) is 0. The second kappa shape index (κ2) is 5.11. The third-order valence-corrected chi connectivity index (χ3v) is 3.73. The van der Waals surface area contributed by atoms with Crippen LogP contribution in [0.25, 0.3) is 4.96 Å². The van der Waals surface area contributed by atoms with Crippen LogP contribution >= 0.6 is 11.3 Å². The van der Waals surface area contributed by atoms with Crippen molar-refractivity contribution in [2.45, 2.75) is 25.2 Å². The Morgan fingerprint density at radius 3 is 2.76 bits per heavy atom. The van der Waals surface area contributed by atoms with E-state index in [1.807, 2.05) is 5.32 Å². The van der Waals surface area contributed by atoms with Gasteiger partial charge in [-0.1, -0.05) is 0 Å². The van der Waals surface area contributed by atoms with E-state index in [2.05, 4.69) is 4.98 Å². The van der Waals surface area contributed by atoms with Crippen LogP contribution in [0.15, 0.2) is 22.4 Å². The minimum absolute atomic E-state index is 0.0409. The number of carboxylic acid groups (broad SMARTS) is 1. The van der Waals surface area contributed by atoms with Crippen LogP contribution in [-0.2, 0) is 11.3 Å². The highest BCUT2D eigenvalue weighted by molar-refractivity contribution is 7.15. The summed E-state index contributed by atoms with van der Waals surface area (Å²) in [5, 5.41) is 12.3. The molecule has 1 unspecified atom stereocenters. The summed E-state index contributed by atoms with van der Waals surface area (Å²) in [5.74, 6) is -2.05. The number of aliphatic carboxylic acids is 1. The zero-order chi connectivity index (χ0) is 15.8. The van der Waals surface area contributed by atoms with E-state index in [-0.39, 0.29) is 5.69 Å². The van der Waals surface area contributed by atoms with E-state index in [0.717, 1.165) is 17.4 Å². The number of nitrogens with one attached hydrogen (secondary N) is 1. The smallest absolute Gasteiger partial charge is 0.417 e. The number of aromatic nitrogens is 2. The molecule has 0 radical (unpaired) electrons. The van der Waals surface area contributed by atoms with Crippen molar-refractivity contribution in [3.63, 3.8) is 0 Å². The van der Waals surface area contributed by atoms with Crippen LogP contribution in [0.5, 0.6) is 0 Å². The molecule has 6 nitrogen and oxygen atoms in total. The molecule has 2 aromatic heterocycles. The van der Waals surface area contributed by atoms with Crippen molar-refractivity contribution in [2.75, 3.05) is 0 Å². The molecule has 0 fully saturated rings. The SMILES string of the molecule is CC(NCc1cc(=O)n2ccsc2n1)(C(=O)O)C(F)(F)F. The van der Waals surface area contributed by atoms with E-state index in [1.54, 1.807) is 5.38 Å². The van der Waals surface area contributed by atoms with Crippen molar-refractivity contribution in [1.82, 2.24) is 14.7 Å². The first-order chi connectivity index (χ1) is 9.65. The Kier molecular flexibility index (Phi) is 3.76. The number of halogens is 3. The maximum absolute atomic E-state index is 12.8. The highest BCUT2D eigenvalue weighted by Gasteiger charge is 2.57. The van der Waals surface area contributed by atoms with Gasteiger partial charge in [0.25, 0.3) is 5.56 Å².